The zero-order valence-corrected chi connectivity index (χ0v) is 17.8. The predicted molar refractivity (Wildman–Crippen MR) is 120 cm³/mol. The van der Waals surface area contributed by atoms with Crippen LogP contribution in [0.25, 0.3) is 21.7 Å². The quantitative estimate of drug-likeness (QED) is 0.424. The van der Waals surface area contributed by atoms with E-state index in [-0.39, 0.29) is 10.7 Å². The van der Waals surface area contributed by atoms with E-state index in [0.717, 1.165) is 16.0 Å². The van der Waals surface area contributed by atoms with Gasteiger partial charge in [0.2, 0.25) is 0 Å². The molecule has 0 spiro atoms. The standard InChI is InChI=1S/C23H19FN2O2S2/c1-30(27,28)20-12-10-17(11-13-20)22-21(18-8-5-9-19(24)14-18)26-23(29-22)25-15-16-6-3-2-4-7-16/h2-14H,15H2,1H3,(H,25,26). The number of nitrogens with one attached hydrogen (secondary N) is 1. The molecule has 0 bridgehead atoms. The molecular weight excluding hydrogens is 419 g/mol. The smallest absolute Gasteiger partial charge is 0.184 e. The van der Waals surface area contributed by atoms with Gasteiger partial charge in [-0.15, -0.1) is 0 Å². The van der Waals surface area contributed by atoms with Gasteiger partial charge in [0, 0.05) is 18.4 Å². The van der Waals surface area contributed by atoms with Gasteiger partial charge in [0.25, 0.3) is 0 Å². The van der Waals surface area contributed by atoms with Crippen molar-refractivity contribution in [3.05, 3.63) is 90.2 Å². The highest BCUT2D eigenvalue weighted by molar-refractivity contribution is 7.90. The summed E-state index contributed by atoms with van der Waals surface area (Å²) in [5.41, 5.74) is 3.27. The molecule has 0 radical (unpaired) electrons. The summed E-state index contributed by atoms with van der Waals surface area (Å²) in [6.07, 6.45) is 1.18. The van der Waals surface area contributed by atoms with Gasteiger partial charge in [-0.1, -0.05) is 65.9 Å². The molecule has 0 unspecified atom stereocenters. The number of benzene rings is 3. The minimum absolute atomic E-state index is 0.255. The van der Waals surface area contributed by atoms with Crippen molar-refractivity contribution in [3.8, 4) is 21.7 Å². The zero-order chi connectivity index (χ0) is 21.1. The lowest BCUT2D eigenvalue weighted by atomic mass is 10.1. The highest BCUT2D eigenvalue weighted by atomic mass is 32.2. The Morgan fingerprint density at radius 3 is 2.33 bits per heavy atom. The third-order valence-corrected chi connectivity index (χ3v) is 6.75. The van der Waals surface area contributed by atoms with Crippen LogP contribution in [0.4, 0.5) is 9.52 Å². The fraction of sp³-hybridized carbons (Fsp3) is 0.0870. The topological polar surface area (TPSA) is 59.1 Å². The lowest BCUT2D eigenvalue weighted by Gasteiger charge is -2.04. The van der Waals surface area contributed by atoms with Crippen LogP contribution in [0.3, 0.4) is 0 Å². The van der Waals surface area contributed by atoms with Crippen LogP contribution in [-0.4, -0.2) is 19.7 Å². The Balaban J connectivity index is 1.72. The molecule has 3 aromatic carbocycles. The van der Waals surface area contributed by atoms with E-state index in [2.05, 4.69) is 5.32 Å². The molecule has 30 heavy (non-hydrogen) atoms. The van der Waals surface area contributed by atoms with Gasteiger partial charge in [0.15, 0.2) is 15.0 Å². The van der Waals surface area contributed by atoms with Gasteiger partial charge < -0.3 is 5.32 Å². The van der Waals surface area contributed by atoms with E-state index < -0.39 is 9.84 Å². The average Bonchev–Trinajstić information content (AvgIpc) is 3.17. The van der Waals surface area contributed by atoms with E-state index in [0.29, 0.717) is 22.9 Å². The molecule has 4 aromatic rings. The lowest BCUT2D eigenvalue weighted by molar-refractivity contribution is 0.602. The second-order valence-electron chi connectivity index (χ2n) is 6.84. The van der Waals surface area contributed by atoms with Crippen LogP contribution in [0, 0.1) is 5.82 Å². The molecule has 4 rings (SSSR count). The van der Waals surface area contributed by atoms with Gasteiger partial charge >= 0.3 is 0 Å². The van der Waals surface area contributed by atoms with Crippen LogP contribution >= 0.6 is 11.3 Å². The summed E-state index contributed by atoms with van der Waals surface area (Å²) in [4.78, 5) is 5.81. The normalized spacial score (nSPS) is 11.4. The number of thiazole rings is 1. The number of halogens is 1. The number of anilines is 1. The molecule has 0 saturated carbocycles. The zero-order valence-electron chi connectivity index (χ0n) is 16.2. The summed E-state index contributed by atoms with van der Waals surface area (Å²) < 4.78 is 37.4. The van der Waals surface area contributed by atoms with Gasteiger partial charge in [-0.2, -0.15) is 0 Å². The second kappa shape index (κ2) is 8.38. The first-order valence-corrected chi connectivity index (χ1v) is 12.0. The number of hydrogen-bond acceptors (Lipinski definition) is 5. The Morgan fingerprint density at radius 1 is 0.933 bits per heavy atom. The summed E-state index contributed by atoms with van der Waals surface area (Å²) >= 11 is 1.45. The maximum absolute atomic E-state index is 13.8. The van der Waals surface area contributed by atoms with E-state index in [9.17, 15) is 12.8 Å². The first-order valence-electron chi connectivity index (χ1n) is 9.25. The van der Waals surface area contributed by atoms with Crippen LogP contribution in [0.15, 0.2) is 83.8 Å². The van der Waals surface area contributed by atoms with Crippen molar-refractivity contribution in [1.82, 2.24) is 4.98 Å². The molecule has 1 heterocycles. The number of hydrogen-bond donors (Lipinski definition) is 1. The van der Waals surface area contributed by atoms with Crippen LogP contribution in [0.2, 0.25) is 0 Å². The van der Waals surface area contributed by atoms with Gasteiger partial charge in [0.1, 0.15) is 5.82 Å². The van der Waals surface area contributed by atoms with Gasteiger partial charge in [-0.3, -0.25) is 0 Å². The van der Waals surface area contributed by atoms with E-state index in [1.807, 2.05) is 36.4 Å². The second-order valence-corrected chi connectivity index (χ2v) is 9.86. The highest BCUT2D eigenvalue weighted by Gasteiger charge is 2.16. The SMILES string of the molecule is CS(=O)(=O)c1ccc(-c2sc(NCc3ccccc3)nc2-c2cccc(F)c2)cc1. The molecule has 0 saturated heterocycles. The molecule has 0 aliphatic carbocycles. The number of nitrogens with zero attached hydrogens (tertiary/aromatic N) is 1. The summed E-state index contributed by atoms with van der Waals surface area (Å²) in [6, 6.07) is 23.0. The van der Waals surface area contributed by atoms with Crippen molar-refractivity contribution in [2.75, 3.05) is 11.6 Å². The van der Waals surface area contributed by atoms with Crippen molar-refractivity contribution >= 4 is 26.3 Å². The fourth-order valence-corrected chi connectivity index (χ4v) is 4.67. The molecule has 0 aliphatic heterocycles. The molecule has 0 atom stereocenters. The number of aromatic nitrogens is 1. The van der Waals surface area contributed by atoms with Gasteiger partial charge in [-0.25, -0.2) is 17.8 Å². The molecule has 4 nitrogen and oxygen atoms in total. The Morgan fingerprint density at radius 2 is 1.67 bits per heavy atom. The Bertz CT molecular complexity index is 1270. The molecule has 0 amide bonds. The maximum Gasteiger partial charge on any atom is 0.184 e. The molecular formula is C23H19FN2O2S2. The van der Waals surface area contributed by atoms with Gasteiger partial charge in [-0.05, 0) is 35.4 Å². The summed E-state index contributed by atoms with van der Waals surface area (Å²) in [5, 5.41) is 4.04. The number of sulfone groups is 1. The lowest BCUT2D eigenvalue weighted by Crippen LogP contribution is -1.98. The molecule has 0 fully saturated rings. The van der Waals surface area contributed by atoms with Crippen molar-refractivity contribution in [2.24, 2.45) is 0 Å². The van der Waals surface area contributed by atoms with Gasteiger partial charge in [0.05, 0.1) is 15.5 Å². The third-order valence-electron chi connectivity index (χ3n) is 4.56. The molecule has 0 aliphatic rings. The van der Waals surface area contributed by atoms with Crippen LogP contribution in [0.5, 0.6) is 0 Å². The maximum atomic E-state index is 13.8. The number of rotatable bonds is 6. The summed E-state index contributed by atoms with van der Waals surface area (Å²) in [7, 11) is -3.28. The minimum atomic E-state index is -3.28. The van der Waals surface area contributed by atoms with Crippen LogP contribution in [-0.2, 0) is 16.4 Å². The third kappa shape index (κ3) is 4.58. The largest absolute Gasteiger partial charge is 0.357 e. The van der Waals surface area contributed by atoms with Crippen LogP contribution in [0.1, 0.15) is 5.56 Å². The first-order chi connectivity index (χ1) is 14.4. The molecule has 7 heteroatoms. The Hall–Kier alpha value is -3.03. The minimum Gasteiger partial charge on any atom is -0.357 e. The molecule has 1 N–H and O–H groups in total. The average molecular weight is 439 g/mol. The van der Waals surface area contributed by atoms with Crippen LogP contribution < -0.4 is 5.32 Å². The summed E-state index contributed by atoms with van der Waals surface area (Å²) in [5.74, 6) is -0.335. The fourth-order valence-electron chi connectivity index (χ4n) is 3.05. The molecule has 152 valence electrons. The van der Waals surface area contributed by atoms with Crippen molar-refractivity contribution in [1.29, 1.82) is 0 Å². The van der Waals surface area contributed by atoms with E-state index >= 15 is 0 Å². The molecule has 1 aromatic heterocycles. The Labute approximate surface area is 179 Å². The van der Waals surface area contributed by atoms with Crippen molar-refractivity contribution in [3.63, 3.8) is 0 Å². The van der Waals surface area contributed by atoms with Crippen molar-refractivity contribution in [2.45, 2.75) is 11.4 Å². The highest BCUT2D eigenvalue weighted by Crippen LogP contribution is 2.39. The van der Waals surface area contributed by atoms with Crippen molar-refractivity contribution < 1.29 is 12.8 Å². The first kappa shape index (κ1) is 20.3. The monoisotopic (exact) mass is 438 g/mol. The van der Waals surface area contributed by atoms with E-state index in [4.69, 9.17) is 4.98 Å². The Kier molecular flexibility index (Phi) is 5.65. The predicted octanol–water partition coefficient (Wildman–Crippen LogP) is 5.63. The summed E-state index contributed by atoms with van der Waals surface area (Å²) in [6.45, 7) is 0.614. The van der Waals surface area contributed by atoms with E-state index in [1.165, 1.54) is 29.7 Å². The van der Waals surface area contributed by atoms with E-state index in [1.54, 1.807) is 30.3 Å².